The molecule has 158 valence electrons. The van der Waals surface area contributed by atoms with Crippen LogP contribution in [0.5, 0.6) is 0 Å². The first kappa shape index (κ1) is 21.6. The van der Waals surface area contributed by atoms with Gasteiger partial charge in [0.15, 0.2) is 0 Å². The summed E-state index contributed by atoms with van der Waals surface area (Å²) in [5.41, 5.74) is -1.17. The van der Waals surface area contributed by atoms with Crippen molar-refractivity contribution < 1.29 is 24.0 Å². The molecule has 2 aromatic rings. The van der Waals surface area contributed by atoms with Crippen molar-refractivity contribution in [3.8, 4) is 0 Å². The van der Waals surface area contributed by atoms with E-state index in [9.17, 15) is 24.5 Å². The van der Waals surface area contributed by atoms with Crippen LogP contribution >= 0.6 is 0 Å². The van der Waals surface area contributed by atoms with Crippen LogP contribution in [0.1, 0.15) is 45.1 Å². The molecule has 0 saturated heterocycles. The molecule has 2 aromatic carbocycles. The van der Waals surface area contributed by atoms with Crippen molar-refractivity contribution in [3.63, 3.8) is 0 Å². The van der Waals surface area contributed by atoms with E-state index in [1.54, 1.807) is 19.1 Å². The molecule has 7 heteroatoms. The smallest absolute Gasteiger partial charge is 0.320 e. The van der Waals surface area contributed by atoms with Gasteiger partial charge in [0, 0.05) is 17.3 Å². The molecule has 0 unspecified atom stereocenters. The Morgan fingerprint density at radius 1 is 1.13 bits per heavy atom. The van der Waals surface area contributed by atoms with Crippen LogP contribution in [-0.2, 0) is 19.1 Å². The van der Waals surface area contributed by atoms with Gasteiger partial charge in [0.1, 0.15) is 17.0 Å². The van der Waals surface area contributed by atoms with E-state index in [1.165, 1.54) is 13.8 Å². The number of benzene rings is 2. The lowest BCUT2D eigenvalue weighted by atomic mass is 9.70. The second kappa shape index (κ2) is 8.34. The zero-order chi connectivity index (χ0) is 22.1. The number of carbonyl (C=O) groups excluding carboxylic acids is 3. The molecular formula is C23H25NO6. The van der Waals surface area contributed by atoms with Gasteiger partial charge < -0.3 is 9.53 Å². The summed E-state index contributed by atoms with van der Waals surface area (Å²) < 4.78 is 5.24. The Morgan fingerprint density at radius 2 is 1.80 bits per heavy atom. The number of Topliss-reactive ketones (excluding diaryl/α,β-unsaturated/α-hetero) is 2. The number of fused-ring (bicyclic) bond motifs is 1. The normalized spacial score (nSPS) is 25.8. The monoisotopic (exact) mass is 411 g/mol. The molecule has 0 radical (unpaired) electrons. The molecule has 0 bridgehead atoms. The maximum absolute atomic E-state index is 13.1. The SMILES string of the molecule is CCOC(=O)[C@]1(C(C)=O)C[C@@H](CC(C)=O)[C@@H]([N+](=O)[O-])[C@@H]1c1ccc2ccccc2c1. The summed E-state index contributed by atoms with van der Waals surface area (Å²) in [7, 11) is 0. The van der Waals surface area contributed by atoms with E-state index < -0.39 is 40.0 Å². The van der Waals surface area contributed by atoms with Crippen molar-refractivity contribution >= 4 is 28.3 Å². The molecule has 7 nitrogen and oxygen atoms in total. The zero-order valence-corrected chi connectivity index (χ0v) is 17.3. The van der Waals surface area contributed by atoms with Gasteiger partial charge >= 0.3 is 5.97 Å². The number of nitrogens with zero attached hydrogens (tertiary/aromatic N) is 1. The molecule has 1 fully saturated rings. The molecule has 0 spiro atoms. The van der Waals surface area contributed by atoms with E-state index >= 15 is 0 Å². The van der Waals surface area contributed by atoms with Crippen LogP contribution in [0.2, 0.25) is 0 Å². The van der Waals surface area contributed by atoms with E-state index in [0.717, 1.165) is 10.8 Å². The molecule has 1 saturated carbocycles. The van der Waals surface area contributed by atoms with Crippen molar-refractivity contribution in [1.82, 2.24) is 0 Å². The van der Waals surface area contributed by atoms with E-state index in [0.29, 0.717) is 5.56 Å². The Kier molecular flexibility index (Phi) is 6.01. The van der Waals surface area contributed by atoms with Gasteiger partial charge in [0.05, 0.1) is 12.5 Å². The number of hydrogen-bond donors (Lipinski definition) is 0. The molecule has 1 aliphatic rings. The van der Waals surface area contributed by atoms with Gasteiger partial charge in [-0.3, -0.25) is 19.7 Å². The standard InChI is InChI=1S/C23H25NO6/c1-4-30-22(27)23(15(3)26)13-19(11-14(2)25)21(24(28)29)20(23)18-10-9-16-7-5-6-8-17(16)12-18/h5-10,12,19-21H,4,11,13H2,1-3H3/t19-,20+,21-,23+/m1/s1. The van der Waals surface area contributed by atoms with Crippen LogP contribution in [0.4, 0.5) is 0 Å². The fourth-order valence-corrected chi connectivity index (χ4v) is 4.94. The summed E-state index contributed by atoms with van der Waals surface area (Å²) in [6, 6.07) is 11.6. The summed E-state index contributed by atoms with van der Waals surface area (Å²) in [5, 5.41) is 14.0. The van der Waals surface area contributed by atoms with Gasteiger partial charge in [0.2, 0.25) is 6.04 Å². The van der Waals surface area contributed by atoms with E-state index in [1.807, 2.05) is 30.3 Å². The quantitative estimate of drug-likeness (QED) is 0.298. The number of esters is 1. The molecule has 0 amide bonds. The topological polar surface area (TPSA) is 104 Å². The van der Waals surface area contributed by atoms with Gasteiger partial charge in [-0.25, -0.2) is 0 Å². The van der Waals surface area contributed by atoms with Gasteiger partial charge in [-0.05, 0) is 43.5 Å². The average Bonchev–Trinajstić information content (AvgIpc) is 3.03. The molecule has 30 heavy (non-hydrogen) atoms. The lowest BCUT2D eigenvalue weighted by Gasteiger charge is -2.31. The maximum Gasteiger partial charge on any atom is 0.320 e. The summed E-state index contributed by atoms with van der Waals surface area (Å²) in [5.74, 6) is -3.20. The van der Waals surface area contributed by atoms with Gasteiger partial charge in [-0.15, -0.1) is 0 Å². The molecule has 4 atom stereocenters. The molecule has 3 rings (SSSR count). The minimum absolute atomic E-state index is 0.0544. The van der Waals surface area contributed by atoms with Crippen LogP contribution < -0.4 is 0 Å². The summed E-state index contributed by atoms with van der Waals surface area (Å²) in [6.07, 6.45) is -0.145. The molecule has 0 aromatic heterocycles. The Labute approximate surface area is 174 Å². The molecule has 0 N–H and O–H groups in total. The predicted molar refractivity (Wildman–Crippen MR) is 111 cm³/mol. The van der Waals surface area contributed by atoms with Crippen molar-refractivity contribution in [2.45, 2.75) is 45.6 Å². The number of hydrogen-bond acceptors (Lipinski definition) is 6. The molecular weight excluding hydrogens is 386 g/mol. The highest BCUT2D eigenvalue weighted by Crippen LogP contribution is 2.55. The van der Waals surface area contributed by atoms with Crippen LogP contribution in [0, 0.1) is 21.4 Å². The summed E-state index contributed by atoms with van der Waals surface area (Å²) >= 11 is 0. The van der Waals surface area contributed by atoms with Crippen molar-refractivity contribution in [2.24, 2.45) is 11.3 Å². The Hall–Kier alpha value is -3.09. The van der Waals surface area contributed by atoms with E-state index in [-0.39, 0.29) is 25.2 Å². The number of nitro groups is 1. The Balaban J connectivity index is 2.26. The van der Waals surface area contributed by atoms with Crippen molar-refractivity contribution in [2.75, 3.05) is 6.61 Å². The number of carbonyl (C=O) groups is 3. The Bertz CT molecular complexity index is 1020. The number of rotatable bonds is 7. The zero-order valence-electron chi connectivity index (χ0n) is 17.3. The fraction of sp³-hybridized carbons (Fsp3) is 0.435. The first-order valence-corrected chi connectivity index (χ1v) is 10.0. The molecule has 0 aliphatic heterocycles. The third-order valence-electron chi connectivity index (χ3n) is 6.13. The maximum atomic E-state index is 13.1. The third-order valence-corrected chi connectivity index (χ3v) is 6.13. The first-order valence-electron chi connectivity index (χ1n) is 10.0. The molecule has 0 heterocycles. The van der Waals surface area contributed by atoms with Crippen LogP contribution in [0.15, 0.2) is 42.5 Å². The number of ketones is 2. The second-order valence-corrected chi connectivity index (χ2v) is 7.98. The molecule has 1 aliphatic carbocycles. The summed E-state index contributed by atoms with van der Waals surface area (Å²) in [6.45, 7) is 4.32. The van der Waals surface area contributed by atoms with Gasteiger partial charge in [0.25, 0.3) is 0 Å². The second-order valence-electron chi connectivity index (χ2n) is 7.98. The lowest BCUT2D eigenvalue weighted by Crippen LogP contribution is -2.44. The predicted octanol–water partition coefficient (Wildman–Crippen LogP) is 3.71. The van der Waals surface area contributed by atoms with Crippen molar-refractivity contribution in [3.05, 3.63) is 58.1 Å². The minimum Gasteiger partial charge on any atom is -0.465 e. The largest absolute Gasteiger partial charge is 0.465 e. The average molecular weight is 411 g/mol. The summed E-state index contributed by atoms with van der Waals surface area (Å²) in [4.78, 5) is 49.6. The Morgan fingerprint density at radius 3 is 2.37 bits per heavy atom. The lowest BCUT2D eigenvalue weighted by molar-refractivity contribution is -0.532. The van der Waals surface area contributed by atoms with Crippen LogP contribution in [0.25, 0.3) is 10.8 Å². The minimum atomic E-state index is -1.70. The van der Waals surface area contributed by atoms with Gasteiger partial charge in [-0.1, -0.05) is 42.5 Å². The van der Waals surface area contributed by atoms with Crippen LogP contribution in [-0.4, -0.2) is 35.1 Å². The third kappa shape index (κ3) is 3.60. The first-order chi connectivity index (χ1) is 14.2. The van der Waals surface area contributed by atoms with Gasteiger partial charge in [-0.2, -0.15) is 0 Å². The van der Waals surface area contributed by atoms with E-state index in [2.05, 4.69) is 0 Å². The highest BCUT2D eigenvalue weighted by molar-refractivity contribution is 6.04. The highest BCUT2D eigenvalue weighted by Gasteiger charge is 2.66. The highest BCUT2D eigenvalue weighted by atomic mass is 16.6. The van der Waals surface area contributed by atoms with Crippen molar-refractivity contribution in [1.29, 1.82) is 0 Å². The van der Waals surface area contributed by atoms with Crippen LogP contribution in [0.3, 0.4) is 0 Å². The number of ether oxygens (including phenoxy) is 1. The fourth-order valence-electron chi connectivity index (χ4n) is 4.94. The van der Waals surface area contributed by atoms with E-state index in [4.69, 9.17) is 4.74 Å².